The molecule has 0 bridgehead atoms. The van der Waals surface area contributed by atoms with Gasteiger partial charge in [0.1, 0.15) is 22.3 Å². The van der Waals surface area contributed by atoms with Gasteiger partial charge in [-0.3, -0.25) is 52.8 Å². The van der Waals surface area contributed by atoms with Gasteiger partial charge in [-0.25, -0.2) is 0 Å². The third-order valence-corrected chi connectivity index (χ3v) is 13.9. The third kappa shape index (κ3) is 69.2. The minimum atomic E-state index is -1.40. The van der Waals surface area contributed by atoms with E-state index in [1.54, 1.807) is 62.3 Å². The summed E-state index contributed by atoms with van der Waals surface area (Å²) in [6, 6.07) is 0. The first-order valence-corrected chi connectivity index (χ1v) is 38.1. The van der Waals surface area contributed by atoms with Crippen LogP contribution in [0.3, 0.4) is 0 Å². The molecule has 37 nitrogen and oxygen atoms in total. The fraction of sp³-hybridized carbons (Fsp3) is 0.838. The summed E-state index contributed by atoms with van der Waals surface area (Å²) in [5.74, 6) is -3.82. The number of carbonyl (C=O) groups excluding carboxylic acids is 10. The molecule has 0 fully saturated rings. The van der Waals surface area contributed by atoms with Crippen molar-refractivity contribution in [1.29, 1.82) is 0 Å². The van der Waals surface area contributed by atoms with Crippen LogP contribution in [0.4, 0.5) is 0 Å². The summed E-state index contributed by atoms with van der Waals surface area (Å²) in [7, 11) is 0. The van der Waals surface area contributed by atoms with E-state index in [2.05, 4.69) is 26.6 Å². The predicted octanol–water partition coefficient (Wildman–Crippen LogP) is 0.676. The van der Waals surface area contributed by atoms with E-state index < -0.39 is 58.0 Å². The topological polar surface area (TPSA) is 428 Å². The number of hydrogen-bond acceptors (Lipinski definition) is 31. The zero-order valence-electron chi connectivity index (χ0n) is 67.4. The van der Waals surface area contributed by atoms with Crippen molar-refractivity contribution in [2.75, 3.05) is 271 Å². The Kier molecular flexibility index (Phi) is 62.4. The zero-order valence-corrected chi connectivity index (χ0v) is 67.4. The lowest BCUT2D eigenvalue weighted by atomic mass is 10.0. The minimum Gasteiger partial charge on any atom is -0.460 e. The molecule has 0 aromatic heterocycles. The summed E-state index contributed by atoms with van der Waals surface area (Å²) >= 11 is 0. The van der Waals surface area contributed by atoms with Crippen LogP contribution in [0.15, 0.2) is 12.2 Å². The highest BCUT2D eigenvalue weighted by molar-refractivity contribution is 6.13. The van der Waals surface area contributed by atoms with Crippen LogP contribution >= 0.6 is 0 Å². The molecule has 7 amide bonds. The fourth-order valence-electron chi connectivity index (χ4n) is 8.79. The van der Waals surface area contributed by atoms with E-state index in [1.807, 2.05) is 0 Å². The van der Waals surface area contributed by atoms with E-state index >= 15 is 0 Å². The summed E-state index contributed by atoms with van der Waals surface area (Å²) in [5, 5.41) is 13.8. The molecule has 0 aromatic rings. The maximum absolute atomic E-state index is 13.7. The van der Waals surface area contributed by atoms with Gasteiger partial charge >= 0.3 is 17.9 Å². The van der Waals surface area contributed by atoms with Crippen molar-refractivity contribution in [3.8, 4) is 0 Å². The number of carbonyl (C=O) groups is 10. The quantitative estimate of drug-likeness (QED) is 0.0242. The summed E-state index contributed by atoms with van der Waals surface area (Å²) in [5.41, 5.74) is -3.26. The molecule has 0 spiro atoms. The molecule has 1 aliphatic heterocycles. The van der Waals surface area contributed by atoms with Gasteiger partial charge in [0.05, 0.1) is 257 Å². The first kappa shape index (κ1) is 103. The number of esters is 3. The number of rotatable bonds is 76. The monoisotopic (exact) mass is 1600 g/mol. The van der Waals surface area contributed by atoms with Crippen LogP contribution in [-0.4, -0.2) is 357 Å². The molecule has 0 aromatic carbocycles. The summed E-state index contributed by atoms with van der Waals surface area (Å²) in [6.07, 6.45) is 2.25. The molecule has 5 N–H and O–H groups in total. The molecular weight excluding hydrogens is 1470 g/mol. The van der Waals surface area contributed by atoms with E-state index in [9.17, 15) is 47.9 Å². The largest absolute Gasteiger partial charge is 0.460 e. The van der Waals surface area contributed by atoms with Crippen molar-refractivity contribution in [2.24, 2.45) is 0 Å². The molecule has 1 rings (SSSR count). The van der Waals surface area contributed by atoms with Crippen LogP contribution in [0, 0.1) is 0 Å². The Morgan fingerprint density at radius 1 is 0.261 bits per heavy atom. The molecule has 1 heterocycles. The van der Waals surface area contributed by atoms with Crippen LogP contribution in [0.25, 0.3) is 0 Å². The van der Waals surface area contributed by atoms with Gasteiger partial charge in [-0.2, -0.15) is 0 Å². The summed E-state index contributed by atoms with van der Waals surface area (Å²) < 4.78 is 117. The first-order valence-electron chi connectivity index (χ1n) is 38.1. The fourth-order valence-corrected chi connectivity index (χ4v) is 8.79. The lowest BCUT2D eigenvalue weighted by Crippen LogP contribution is -2.59. The number of imide groups is 1. The van der Waals surface area contributed by atoms with Gasteiger partial charge in [0, 0.05) is 77.0 Å². The van der Waals surface area contributed by atoms with E-state index in [4.69, 9.17) is 99.5 Å². The summed E-state index contributed by atoms with van der Waals surface area (Å²) in [4.78, 5) is 124. The van der Waals surface area contributed by atoms with E-state index in [1.165, 1.54) is 12.2 Å². The Balaban J connectivity index is 2.39. The molecule has 0 unspecified atom stereocenters. The number of ether oxygens (including phenoxy) is 21. The molecule has 111 heavy (non-hydrogen) atoms. The molecule has 0 saturated carbocycles. The van der Waals surface area contributed by atoms with E-state index in [0.29, 0.717) is 145 Å². The van der Waals surface area contributed by atoms with Crippen LogP contribution < -0.4 is 26.6 Å². The molecule has 1 aliphatic rings. The van der Waals surface area contributed by atoms with Gasteiger partial charge in [0.15, 0.2) is 0 Å². The number of hydrogen-bond donors (Lipinski definition) is 5. The van der Waals surface area contributed by atoms with Gasteiger partial charge in [-0.15, -0.1) is 0 Å². The molecule has 0 aliphatic carbocycles. The number of nitrogens with one attached hydrogen (secondary N) is 5. The van der Waals surface area contributed by atoms with Crippen molar-refractivity contribution in [3.63, 3.8) is 0 Å². The van der Waals surface area contributed by atoms with E-state index in [-0.39, 0.29) is 200 Å². The number of amides is 7. The van der Waals surface area contributed by atoms with E-state index in [0.717, 1.165) is 4.90 Å². The molecule has 0 radical (unpaired) electrons. The Morgan fingerprint density at radius 2 is 0.459 bits per heavy atom. The predicted molar refractivity (Wildman–Crippen MR) is 398 cm³/mol. The van der Waals surface area contributed by atoms with Gasteiger partial charge in [-0.1, -0.05) is 0 Å². The molecule has 644 valence electrons. The first-order chi connectivity index (χ1) is 53.2. The third-order valence-electron chi connectivity index (χ3n) is 13.9. The van der Waals surface area contributed by atoms with Gasteiger partial charge in [0.25, 0.3) is 11.8 Å². The highest BCUT2D eigenvalue weighted by Gasteiger charge is 2.34. The second-order valence-corrected chi connectivity index (χ2v) is 27.5. The minimum absolute atomic E-state index is 0.0122. The highest BCUT2D eigenvalue weighted by atomic mass is 16.6. The average molecular weight is 1600 g/mol. The van der Waals surface area contributed by atoms with Gasteiger partial charge < -0.3 is 126 Å². The smallest absolute Gasteiger partial charge is 0.308 e. The van der Waals surface area contributed by atoms with Crippen LogP contribution in [0.1, 0.15) is 114 Å². The maximum atomic E-state index is 13.7. The second kappa shape index (κ2) is 67.3. The molecular formula is C74H132N6O31. The lowest BCUT2D eigenvalue weighted by molar-refractivity contribution is -0.157. The molecule has 0 atom stereocenters. The van der Waals surface area contributed by atoms with Gasteiger partial charge in [-0.05, 0) is 62.3 Å². The van der Waals surface area contributed by atoms with Crippen molar-refractivity contribution < 1.29 is 147 Å². The Hall–Kier alpha value is -6.08. The van der Waals surface area contributed by atoms with Crippen LogP contribution in [0.5, 0.6) is 0 Å². The van der Waals surface area contributed by atoms with Crippen molar-refractivity contribution >= 4 is 59.3 Å². The standard InChI is InChI=1S/C74H132N6O31/c1-71(2,3)109-68(88)17-29-91-32-20-76-62(82)13-26-106-58-74(59-107-27-14-63(83)77-21-33-92-30-18-69(89)110-72(4,5)6,60-108-28-15-64(84)78-22-34-93-31-19-70(90)111-73(7,8)9)79-65(85)16-25-94-36-38-96-40-42-98-44-46-100-48-50-102-52-54-104-56-57-105-55-53-103-51-49-101-47-45-99-43-41-97-39-37-95-35-23-75-61(81)12-24-80-66(86)10-11-67(80)87/h10-11H,12-60H2,1-9H3,(H,75,81)(H,76,82)(H,77,83)(H,78,84)(H,79,85). The van der Waals surface area contributed by atoms with Crippen molar-refractivity contribution in [1.82, 2.24) is 31.5 Å². The zero-order chi connectivity index (χ0) is 81.8. The Bertz CT molecular complexity index is 2350. The summed E-state index contributed by atoms with van der Waals surface area (Å²) in [6.45, 7) is 25.2. The molecule has 0 saturated heterocycles. The second-order valence-electron chi connectivity index (χ2n) is 27.5. The number of nitrogens with zero attached hydrogens (tertiary/aromatic N) is 1. The Labute approximate surface area is 654 Å². The molecule has 37 heteroatoms. The van der Waals surface area contributed by atoms with Crippen molar-refractivity contribution in [2.45, 2.75) is 136 Å². The van der Waals surface area contributed by atoms with Gasteiger partial charge in [0.2, 0.25) is 29.5 Å². The SMILES string of the molecule is CC(C)(C)OC(=O)CCOCCNC(=O)CCOCC(COCCC(=O)NCCOCCC(=O)OC(C)(C)C)(COCCC(=O)NCCOCCC(=O)OC(C)(C)C)NC(=O)CCOCCOCCOCCOCCOCCOCCOCCOCCOCCOCCOCCOCCNC(=O)CCN1C(=O)C=CC1=O. The highest BCUT2D eigenvalue weighted by Crippen LogP contribution is 2.14. The normalized spacial score (nSPS) is 12.5. The van der Waals surface area contributed by atoms with Crippen LogP contribution in [-0.2, 0) is 147 Å². The van der Waals surface area contributed by atoms with Crippen LogP contribution in [0.2, 0.25) is 0 Å². The maximum Gasteiger partial charge on any atom is 0.308 e. The van der Waals surface area contributed by atoms with Crippen molar-refractivity contribution in [3.05, 3.63) is 12.2 Å². The lowest BCUT2D eigenvalue weighted by Gasteiger charge is -2.34. The Morgan fingerprint density at radius 3 is 0.712 bits per heavy atom. The average Bonchev–Trinajstić information content (AvgIpc) is 1.74.